The second-order valence-corrected chi connectivity index (χ2v) is 7.15. The molecule has 19 heavy (non-hydrogen) atoms. The maximum Gasteiger partial charge on any atom is 0.332 e. The Bertz CT molecular complexity index is 222. The van der Waals surface area contributed by atoms with Gasteiger partial charge in [-0.15, -0.1) is 0 Å². The summed E-state index contributed by atoms with van der Waals surface area (Å²) < 4.78 is 33.4. The fourth-order valence-corrected chi connectivity index (χ4v) is 4.19. The highest BCUT2D eigenvalue weighted by atomic mass is 31.2. The van der Waals surface area contributed by atoms with Crippen LogP contribution in [0.25, 0.3) is 0 Å². The van der Waals surface area contributed by atoms with Crippen LogP contribution in [0.2, 0.25) is 0 Å². The second kappa shape index (κ2) is 8.16. The lowest BCUT2D eigenvalue weighted by molar-refractivity contribution is -0.0759. The van der Waals surface area contributed by atoms with Gasteiger partial charge in [0.05, 0.1) is 45.1 Å². The van der Waals surface area contributed by atoms with E-state index in [-0.39, 0.29) is 5.41 Å². The average molecular weight is 312 g/mol. The third-order valence-corrected chi connectivity index (χ3v) is 4.85. The van der Waals surface area contributed by atoms with E-state index in [1.54, 1.807) is 0 Å². The monoisotopic (exact) mass is 312 g/mol. The molecule has 0 saturated carbocycles. The molecular formula is C11H22O6P2. The van der Waals surface area contributed by atoms with Crippen LogP contribution in [-0.2, 0) is 27.1 Å². The van der Waals surface area contributed by atoms with E-state index in [4.69, 9.17) is 27.1 Å². The first-order valence-electron chi connectivity index (χ1n) is 6.66. The minimum Gasteiger partial charge on any atom is -0.312 e. The second-order valence-electron chi connectivity index (χ2n) is 4.71. The molecule has 0 aromatic carbocycles. The summed E-state index contributed by atoms with van der Waals surface area (Å²) in [6.07, 6.45) is 1.92. The van der Waals surface area contributed by atoms with Crippen molar-refractivity contribution in [1.82, 2.24) is 0 Å². The minimum absolute atomic E-state index is 0.206. The molecule has 0 aliphatic carbocycles. The highest BCUT2D eigenvalue weighted by Gasteiger charge is 2.43. The van der Waals surface area contributed by atoms with Gasteiger partial charge in [-0.2, -0.15) is 0 Å². The first-order valence-corrected chi connectivity index (χ1v) is 8.85. The zero-order valence-electron chi connectivity index (χ0n) is 11.5. The predicted octanol–water partition coefficient (Wildman–Crippen LogP) is 3.37. The van der Waals surface area contributed by atoms with Crippen LogP contribution in [0.15, 0.2) is 0 Å². The topological polar surface area (TPSA) is 55.4 Å². The van der Waals surface area contributed by atoms with Crippen molar-refractivity contribution >= 4 is 17.2 Å². The summed E-state index contributed by atoms with van der Waals surface area (Å²) >= 11 is 0. The lowest BCUT2D eigenvalue weighted by atomic mass is 9.93. The van der Waals surface area contributed by atoms with E-state index in [9.17, 15) is 0 Å². The van der Waals surface area contributed by atoms with Crippen molar-refractivity contribution in [2.75, 3.05) is 39.6 Å². The molecule has 2 aliphatic rings. The number of hydrogen-bond acceptors (Lipinski definition) is 6. The van der Waals surface area contributed by atoms with Crippen LogP contribution in [0.5, 0.6) is 0 Å². The summed E-state index contributed by atoms with van der Waals surface area (Å²) in [5.41, 5.74) is -0.206. The number of hydrogen-bond donors (Lipinski definition) is 0. The van der Waals surface area contributed by atoms with Gasteiger partial charge in [-0.25, -0.2) is 0 Å². The van der Waals surface area contributed by atoms with Crippen LogP contribution in [0.1, 0.15) is 26.7 Å². The highest BCUT2D eigenvalue weighted by molar-refractivity contribution is 7.42. The molecule has 0 bridgehead atoms. The molecule has 2 heterocycles. The van der Waals surface area contributed by atoms with Gasteiger partial charge in [0.15, 0.2) is 0 Å². The summed E-state index contributed by atoms with van der Waals surface area (Å²) in [6.45, 7) is 7.67. The van der Waals surface area contributed by atoms with Crippen LogP contribution >= 0.6 is 17.2 Å². The van der Waals surface area contributed by atoms with Crippen molar-refractivity contribution in [3.63, 3.8) is 0 Å². The number of rotatable bonds is 6. The molecule has 0 aromatic rings. The van der Waals surface area contributed by atoms with Gasteiger partial charge in [0.2, 0.25) is 0 Å². The minimum atomic E-state index is -1.19. The van der Waals surface area contributed by atoms with Gasteiger partial charge >= 0.3 is 17.2 Å². The van der Waals surface area contributed by atoms with Gasteiger partial charge in [-0.3, -0.25) is 0 Å². The fourth-order valence-electron chi connectivity index (χ4n) is 1.56. The molecule has 2 saturated heterocycles. The Morgan fingerprint density at radius 2 is 1.16 bits per heavy atom. The Kier molecular flexibility index (Phi) is 6.87. The molecule has 6 nitrogen and oxygen atoms in total. The summed E-state index contributed by atoms with van der Waals surface area (Å²) in [5, 5.41) is 0. The van der Waals surface area contributed by atoms with E-state index in [1.807, 2.05) is 0 Å². The Morgan fingerprint density at radius 3 is 1.47 bits per heavy atom. The molecule has 2 fully saturated rings. The van der Waals surface area contributed by atoms with Crippen molar-refractivity contribution in [2.24, 2.45) is 5.41 Å². The highest BCUT2D eigenvalue weighted by Crippen LogP contribution is 2.52. The van der Waals surface area contributed by atoms with E-state index >= 15 is 0 Å². The van der Waals surface area contributed by atoms with E-state index < -0.39 is 17.2 Å². The predicted molar refractivity (Wildman–Crippen MR) is 72.6 cm³/mol. The third kappa shape index (κ3) is 4.83. The fraction of sp³-hybridized carbons (Fsp3) is 1.00. The lowest BCUT2D eigenvalue weighted by Crippen LogP contribution is -2.44. The molecule has 0 unspecified atom stereocenters. The molecule has 0 N–H and O–H groups in total. The summed E-state index contributed by atoms with van der Waals surface area (Å²) in [4.78, 5) is 0. The van der Waals surface area contributed by atoms with E-state index in [0.717, 1.165) is 12.8 Å². The van der Waals surface area contributed by atoms with Gasteiger partial charge in [0, 0.05) is 0 Å². The van der Waals surface area contributed by atoms with Crippen LogP contribution in [-0.4, -0.2) is 39.6 Å². The maximum atomic E-state index is 5.62. The third-order valence-electron chi connectivity index (χ3n) is 2.71. The van der Waals surface area contributed by atoms with Crippen molar-refractivity contribution in [1.29, 1.82) is 0 Å². The molecule has 0 radical (unpaired) electrons. The van der Waals surface area contributed by atoms with Gasteiger partial charge in [0.1, 0.15) is 0 Å². The Morgan fingerprint density at radius 1 is 0.789 bits per heavy atom. The quantitative estimate of drug-likeness (QED) is 0.701. The Labute approximate surface area is 117 Å². The SMILES string of the molecule is CCCOP1OCC2(CO1)COP(OCCC)OC2. The standard InChI is InChI=1S/C11H22O6P2/c1-3-5-12-18-14-7-11(8-15-18)9-16-19(17-10-11)13-6-4-2/h3-10H2,1-2H3. The molecule has 0 aromatic heterocycles. The van der Waals surface area contributed by atoms with Crippen molar-refractivity contribution in [3.05, 3.63) is 0 Å². The molecule has 2 aliphatic heterocycles. The van der Waals surface area contributed by atoms with Crippen molar-refractivity contribution in [2.45, 2.75) is 26.7 Å². The molecule has 1 spiro atoms. The molecule has 0 atom stereocenters. The average Bonchev–Trinajstić information content (AvgIpc) is 2.46. The largest absolute Gasteiger partial charge is 0.332 e. The van der Waals surface area contributed by atoms with Gasteiger partial charge in [-0.05, 0) is 12.8 Å². The molecule has 8 heteroatoms. The van der Waals surface area contributed by atoms with E-state index in [0.29, 0.717) is 39.6 Å². The lowest BCUT2D eigenvalue weighted by Gasteiger charge is -2.41. The van der Waals surface area contributed by atoms with Gasteiger partial charge < -0.3 is 27.1 Å². The van der Waals surface area contributed by atoms with Crippen LogP contribution in [0, 0.1) is 5.41 Å². The Balaban J connectivity index is 1.69. The van der Waals surface area contributed by atoms with Gasteiger partial charge in [-0.1, -0.05) is 13.8 Å². The Hall–Kier alpha value is 0.620. The molecule has 112 valence electrons. The normalized spacial score (nSPS) is 35.7. The first kappa shape index (κ1) is 16.0. The first-order chi connectivity index (χ1) is 9.28. The van der Waals surface area contributed by atoms with Gasteiger partial charge in [0.25, 0.3) is 0 Å². The van der Waals surface area contributed by atoms with Crippen LogP contribution in [0.4, 0.5) is 0 Å². The summed E-state index contributed by atoms with van der Waals surface area (Å²) in [5.74, 6) is 0. The maximum absolute atomic E-state index is 5.62. The summed E-state index contributed by atoms with van der Waals surface area (Å²) in [7, 11) is -2.37. The van der Waals surface area contributed by atoms with E-state index in [2.05, 4.69) is 13.8 Å². The zero-order chi connectivity index (χ0) is 13.6. The van der Waals surface area contributed by atoms with Crippen LogP contribution < -0.4 is 0 Å². The zero-order valence-corrected chi connectivity index (χ0v) is 13.3. The van der Waals surface area contributed by atoms with Crippen molar-refractivity contribution in [3.8, 4) is 0 Å². The smallest absolute Gasteiger partial charge is 0.312 e. The summed E-state index contributed by atoms with van der Waals surface area (Å²) in [6, 6.07) is 0. The van der Waals surface area contributed by atoms with Crippen molar-refractivity contribution < 1.29 is 27.1 Å². The molecular weight excluding hydrogens is 290 g/mol. The van der Waals surface area contributed by atoms with E-state index in [1.165, 1.54) is 0 Å². The van der Waals surface area contributed by atoms with Crippen LogP contribution in [0.3, 0.4) is 0 Å². The molecule has 2 rings (SSSR count). The molecule has 0 amide bonds.